The van der Waals surface area contributed by atoms with Gasteiger partial charge in [0.05, 0.1) is 5.69 Å². The van der Waals surface area contributed by atoms with Crippen molar-refractivity contribution in [2.24, 2.45) is 0 Å². The second-order valence-corrected chi connectivity index (χ2v) is 6.01. The summed E-state index contributed by atoms with van der Waals surface area (Å²) in [6.45, 7) is 7.17. The van der Waals surface area contributed by atoms with E-state index in [-0.39, 0.29) is 0 Å². The maximum Gasteiger partial charge on any atom is 0.223 e. The Labute approximate surface area is 131 Å². The van der Waals surface area contributed by atoms with Gasteiger partial charge in [-0.3, -0.25) is 9.88 Å². The molecule has 1 aliphatic heterocycles. The number of aromatic nitrogens is 3. The van der Waals surface area contributed by atoms with Gasteiger partial charge in [-0.2, -0.15) is 0 Å². The van der Waals surface area contributed by atoms with Crippen molar-refractivity contribution in [1.29, 1.82) is 0 Å². The number of pyridine rings is 1. The summed E-state index contributed by atoms with van der Waals surface area (Å²) in [7, 11) is 0. The molecule has 0 spiro atoms. The summed E-state index contributed by atoms with van der Waals surface area (Å²) in [5.41, 5.74) is 3.43. The van der Waals surface area contributed by atoms with Crippen molar-refractivity contribution in [3.05, 3.63) is 47.5 Å². The topological polar surface area (TPSA) is 53.9 Å². The van der Waals surface area contributed by atoms with Crippen LogP contribution in [0.15, 0.2) is 30.6 Å². The van der Waals surface area contributed by atoms with Crippen LogP contribution in [-0.2, 0) is 6.54 Å². The molecule has 3 rings (SSSR count). The monoisotopic (exact) mass is 297 g/mol. The van der Waals surface area contributed by atoms with Gasteiger partial charge in [-0.15, -0.1) is 0 Å². The molecular formula is C17H23N5. The minimum absolute atomic E-state index is 0.402. The van der Waals surface area contributed by atoms with E-state index in [0.717, 1.165) is 37.7 Å². The number of hydrogen-bond acceptors (Lipinski definition) is 5. The quantitative estimate of drug-likeness (QED) is 0.940. The van der Waals surface area contributed by atoms with Crippen LogP contribution in [-0.4, -0.2) is 39.0 Å². The smallest absolute Gasteiger partial charge is 0.223 e. The van der Waals surface area contributed by atoms with E-state index in [1.165, 1.54) is 17.7 Å². The Bertz CT molecular complexity index is 628. The van der Waals surface area contributed by atoms with Gasteiger partial charge in [-0.05, 0) is 50.9 Å². The predicted octanol–water partition coefficient (Wildman–Crippen LogP) is 2.56. The average Bonchev–Trinajstić information content (AvgIpc) is 2.50. The van der Waals surface area contributed by atoms with Crippen LogP contribution in [0, 0.1) is 13.8 Å². The third-order valence-electron chi connectivity index (χ3n) is 4.12. The molecule has 1 N–H and O–H groups in total. The van der Waals surface area contributed by atoms with E-state index in [9.17, 15) is 0 Å². The van der Waals surface area contributed by atoms with E-state index in [1.54, 1.807) is 0 Å². The van der Waals surface area contributed by atoms with Gasteiger partial charge < -0.3 is 5.32 Å². The molecule has 1 aliphatic rings. The van der Waals surface area contributed by atoms with Crippen molar-refractivity contribution in [3.8, 4) is 0 Å². The van der Waals surface area contributed by atoms with Crippen molar-refractivity contribution in [1.82, 2.24) is 19.9 Å². The molecule has 0 bridgehead atoms. The molecule has 0 aromatic carbocycles. The molecule has 0 radical (unpaired) electrons. The Kier molecular flexibility index (Phi) is 4.63. The third kappa shape index (κ3) is 3.80. The largest absolute Gasteiger partial charge is 0.350 e. The second-order valence-electron chi connectivity index (χ2n) is 6.01. The summed E-state index contributed by atoms with van der Waals surface area (Å²) in [5.74, 6) is 0.737. The van der Waals surface area contributed by atoms with Crippen LogP contribution in [0.5, 0.6) is 0 Å². The zero-order chi connectivity index (χ0) is 15.4. The highest BCUT2D eigenvalue weighted by molar-refractivity contribution is 5.27. The van der Waals surface area contributed by atoms with E-state index in [4.69, 9.17) is 0 Å². The molecule has 5 nitrogen and oxygen atoms in total. The summed E-state index contributed by atoms with van der Waals surface area (Å²) in [4.78, 5) is 15.7. The molecule has 1 fully saturated rings. The molecule has 1 saturated heterocycles. The Morgan fingerprint density at radius 3 is 2.95 bits per heavy atom. The van der Waals surface area contributed by atoms with Gasteiger partial charge in [0.15, 0.2) is 0 Å². The normalized spacial score (nSPS) is 19.1. The molecule has 116 valence electrons. The molecule has 0 aliphatic carbocycles. The lowest BCUT2D eigenvalue weighted by Gasteiger charge is -2.33. The fourth-order valence-electron chi connectivity index (χ4n) is 2.91. The lowest BCUT2D eigenvalue weighted by atomic mass is 10.1. The number of rotatable bonds is 4. The molecule has 0 amide bonds. The number of anilines is 1. The van der Waals surface area contributed by atoms with E-state index in [0.29, 0.717) is 6.04 Å². The first-order valence-corrected chi connectivity index (χ1v) is 7.90. The first-order chi connectivity index (χ1) is 10.7. The van der Waals surface area contributed by atoms with Gasteiger partial charge in [-0.1, -0.05) is 6.07 Å². The van der Waals surface area contributed by atoms with Crippen LogP contribution >= 0.6 is 0 Å². The number of nitrogens with one attached hydrogen (secondary N) is 1. The lowest BCUT2D eigenvalue weighted by Crippen LogP contribution is -2.42. The van der Waals surface area contributed by atoms with Crippen molar-refractivity contribution in [3.63, 3.8) is 0 Å². The molecule has 5 heteroatoms. The van der Waals surface area contributed by atoms with Crippen LogP contribution < -0.4 is 5.32 Å². The molecule has 3 heterocycles. The van der Waals surface area contributed by atoms with Crippen molar-refractivity contribution < 1.29 is 0 Å². The standard InChI is InChI=1S/C17H23N5/c1-13-5-3-8-18-16(13)12-22-10-4-6-15(11-22)21-17-19-9-7-14(2)20-17/h3,5,7-9,15H,4,6,10-12H2,1-2H3,(H,19,20,21). The van der Waals surface area contributed by atoms with Crippen LogP contribution in [0.4, 0.5) is 5.95 Å². The Morgan fingerprint density at radius 2 is 2.14 bits per heavy atom. The minimum Gasteiger partial charge on any atom is -0.350 e. The Hall–Kier alpha value is -2.01. The van der Waals surface area contributed by atoms with Gasteiger partial charge in [0.2, 0.25) is 5.95 Å². The number of aryl methyl sites for hydroxylation is 2. The van der Waals surface area contributed by atoms with Gasteiger partial charge in [0.1, 0.15) is 0 Å². The Morgan fingerprint density at radius 1 is 1.23 bits per heavy atom. The van der Waals surface area contributed by atoms with E-state index in [1.807, 2.05) is 31.5 Å². The van der Waals surface area contributed by atoms with Gasteiger partial charge in [0.25, 0.3) is 0 Å². The summed E-state index contributed by atoms with van der Waals surface area (Å²) in [6, 6.07) is 6.44. The maximum atomic E-state index is 4.51. The van der Waals surface area contributed by atoms with Crippen LogP contribution in [0.1, 0.15) is 29.8 Å². The highest BCUT2D eigenvalue weighted by Crippen LogP contribution is 2.16. The molecule has 1 atom stereocenters. The molecule has 22 heavy (non-hydrogen) atoms. The fourth-order valence-corrected chi connectivity index (χ4v) is 2.91. The molecule has 1 unspecified atom stereocenters. The molecular weight excluding hydrogens is 274 g/mol. The number of piperidine rings is 1. The second kappa shape index (κ2) is 6.83. The zero-order valence-electron chi connectivity index (χ0n) is 13.3. The van der Waals surface area contributed by atoms with E-state index in [2.05, 4.69) is 38.2 Å². The molecule has 0 saturated carbocycles. The maximum absolute atomic E-state index is 4.51. The van der Waals surface area contributed by atoms with Gasteiger partial charge in [-0.25, -0.2) is 9.97 Å². The van der Waals surface area contributed by atoms with Crippen molar-refractivity contribution in [2.75, 3.05) is 18.4 Å². The first-order valence-electron chi connectivity index (χ1n) is 7.90. The lowest BCUT2D eigenvalue weighted by molar-refractivity contribution is 0.205. The van der Waals surface area contributed by atoms with Crippen LogP contribution in [0.2, 0.25) is 0 Å². The number of likely N-dealkylation sites (tertiary alicyclic amines) is 1. The summed E-state index contributed by atoms with van der Waals surface area (Å²) < 4.78 is 0. The first kappa shape index (κ1) is 14.9. The number of nitrogens with zero attached hydrogens (tertiary/aromatic N) is 4. The van der Waals surface area contributed by atoms with E-state index < -0.39 is 0 Å². The van der Waals surface area contributed by atoms with E-state index >= 15 is 0 Å². The van der Waals surface area contributed by atoms with Crippen LogP contribution in [0.25, 0.3) is 0 Å². The summed E-state index contributed by atoms with van der Waals surface area (Å²) in [5, 5.41) is 3.47. The van der Waals surface area contributed by atoms with Crippen LogP contribution in [0.3, 0.4) is 0 Å². The molecule has 2 aromatic heterocycles. The molecule has 2 aromatic rings. The number of hydrogen-bond donors (Lipinski definition) is 1. The SMILES string of the molecule is Cc1ccnc(NC2CCCN(Cc3ncccc3C)C2)n1. The van der Waals surface area contributed by atoms with Crippen molar-refractivity contribution >= 4 is 5.95 Å². The zero-order valence-corrected chi connectivity index (χ0v) is 13.3. The highest BCUT2D eigenvalue weighted by Gasteiger charge is 2.21. The van der Waals surface area contributed by atoms with Gasteiger partial charge in [0, 0.05) is 37.2 Å². The summed E-state index contributed by atoms with van der Waals surface area (Å²) >= 11 is 0. The highest BCUT2D eigenvalue weighted by atomic mass is 15.2. The Balaban J connectivity index is 1.61. The van der Waals surface area contributed by atoms with Gasteiger partial charge >= 0.3 is 0 Å². The van der Waals surface area contributed by atoms with Crippen molar-refractivity contribution in [2.45, 2.75) is 39.3 Å². The minimum atomic E-state index is 0.402. The summed E-state index contributed by atoms with van der Waals surface area (Å²) in [6.07, 6.45) is 6.04. The fraction of sp³-hybridized carbons (Fsp3) is 0.471. The third-order valence-corrected chi connectivity index (χ3v) is 4.12. The predicted molar refractivity (Wildman–Crippen MR) is 87.7 cm³/mol. The average molecular weight is 297 g/mol.